The highest BCUT2D eigenvalue weighted by Gasteiger charge is 2.36. The molecular weight excluding hydrogens is 751 g/mol. The van der Waals surface area contributed by atoms with Gasteiger partial charge in [0.2, 0.25) is 0 Å². The van der Waals surface area contributed by atoms with Crippen molar-refractivity contribution in [3.05, 3.63) is 210 Å². The van der Waals surface area contributed by atoms with Gasteiger partial charge in [-0.1, -0.05) is 161 Å². The number of para-hydroxylation sites is 3. The summed E-state index contributed by atoms with van der Waals surface area (Å²) in [6, 6.07) is 69.9. The lowest BCUT2D eigenvalue weighted by Crippen LogP contribution is -2.15. The van der Waals surface area contributed by atoms with E-state index in [9.17, 15) is 0 Å². The summed E-state index contributed by atoms with van der Waals surface area (Å²) in [4.78, 5) is 0. The molecule has 0 atom stereocenters. The molecule has 0 saturated heterocycles. The Bertz CT molecular complexity index is 3700. The lowest BCUT2D eigenvalue weighted by molar-refractivity contribution is 0.660. The Kier molecular flexibility index (Phi) is 7.16. The maximum atomic E-state index is 6.67. The predicted molar refractivity (Wildman–Crippen MR) is 259 cm³/mol. The first-order chi connectivity index (χ1) is 30.2. The number of fused-ring (bicyclic) bond motifs is 12. The van der Waals surface area contributed by atoms with Gasteiger partial charge in [0.25, 0.3) is 0 Å². The highest BCUT2D eigenvalue weighted by molar-refractivity contribution is 6.12. The van der Waals surface area contributed by atoms with Crippen molar-refractivity contribution in [2.75, 3.05) is 0 Å². The van der Waals surface area contributed by atoms with Crippen LogP contribution in [0.1, 0.15) is 49.9 Å². The number of hydrogen-bond donors (Lipinski definition) is 0. The van der Waals surface area contributed by atoms with Crippen molar-refractivity contribution in [1.82, 2.24) is 4.57 Å². The Balaban J connectivity index is 1.03. The van der Waals surface area contributed by atoms with Gasteiger partial charge in [0.1, 0.15) is 11.2 Å². The minimum atomic E-state index is -0.101. The van der Waals surface area contributed by atoms with E-state index in [2.05, 4.69) is 220 Å². The van der Waals surface area contributed by atoms with Crippen LogP contribution in [-0.4, -0.2) is 4.57 Å². The summed E-state index contributed by atoms with van der Waals surface area (Å²) in [5.74, 6) is 0. The summed E-state index contributed by atoms with van der Waals surface area (Å²) < 4.78 is 9.15. The molecule has 0 spiro atoms. The average molecular weight is 794 g/mol. The largest absolute Gasteiger partial charge is 0.455 e. The van der Waals surface area contributed by atoms with Gasteiger partial charge in [-0.05, 0) is 127 Å². The molecule has 62 heavy (non-hydrogen) atoms. The number of benzene rings is 9. The van der Waals surface area contributed by atoms with Crippen LogP contribution in [0.25, 0.3) is 105 Å². The quantitative estimate of drug-likeness (QED) is 0.174. The zero-order chi connectivity index (χ0) is 41.5. The molecular formula is C60H43NO. The monoisotopic (exact) mass is 793 g/mol. The second-order valence-corrected chi connectivity index (χ2v) is 18.5. The highest BCUT2D eigenvalue weighted by atomic mass is 16.3. The molecule has 0 unspecified atom stereocenters. The number of furan rings is 1. The smallest absolute Gasteiger partial charge is 0.143 e. The Labute approximate surface area is 361 Å². The van der Waals surface area contributed by atoms with E-state index in [0.717, 1.165) is 38.6 Å². The van der Waals surface area contributed by atoms with Crippen molar-refractivity contribution in [3.63, 3.8) is 0 Å². The third-order valence-electron chi connectivity index (χ3n) is 14.4. The third-order valence-corrected chi connectivity index (χ3v) is 14.4. The van der Waals surface area contributed by atoms with E-state index < -0.39 is 0 Å². The Morgan fingerprint density at radius 3 is 1.63 bits per heavy atom. The van der Waals surface area contributed by atoms with E-state index in [1.807, 2.05) is 0 Å². The van der Waals surface area contributed by atoms with E-state index in [0.29, 0.717) is 0 Å². The standard InChI is InChI=1S/C60H43NO/c1-59(2)51-20-9-5-14-43(51)45-27-24-36(33-53(45)59)38-30-39(32-40(31-38)42-18-13-19-50-49-17-8-12-23-57(49)62-58(42)50)37-25-28-48-47-16-7-11-22-55(47)61(56(48)34-37)41-26-29-46-44-15-6-10-21-52(44)60(3,4)54(46)35-41/h5-35H,1-4H3. The van der Waals surface area contributed by atoms with Gasteiger partial charge in [-0.25, -0.2) is 0 Å². The van der Waals surface area contributed by atoms with Crippen molar-refractivity contribution < 1.29 is 4.42 Å². The molecule has 2 aliphatic rings. The van der Waals surface area contributed by atoms with Crippen molar-refractivity contribution in [2.24, 2.45) is 0 Å². The van der Waals surface area contributed by atoms with Crippen LogP contribution in [0, 0.1) is 0 Å². The predicted octanol–water partition coefficient (Wildman–Crippen LogP) is 16.3. The number of rotatable bonds is 4. The van der Waals surface area contributed by atoms with Gasteiger partial charge in [0.05, 0.1) is 11.0 Å². The summed E-state index contributed by atoms with van der Waals surface area (Å²) in [5, 5.41) is 4.77. The third kappa shape index (κ3) is 4.86. The molecule has 294 valence electrons. The first-order valence-corrected chi connectivity index (χ1v) is 21.8. The summed E-state index contributed by atoms with van der Waals surface area (Å²) in [7, 11) is 0. The Morgan fingerprint density at radius 2 is 0.871 bits per heavy atom. The molecule has 2 heterocycles. The number of hydrogen-bond acceptors (Lipinski definition) is 1. The molecule has 0 saturated carbocycles. The number of nitrogens with zero attached hydrogens (tertiary/aromatic N) is 1. The Morgan fingerprint density at radius 1 is 0.339 bits per heavy atom. The van der Waals surface area contributed by atoms with Gasteiger partial charge in [-0.15, -0.1) is 0 Å². The first kappa shape index (κ1) is 35.3. The molecule has 11 aromatic rings. The van der Waals surface area contributed by atoms with Crippen LogP contribution in [0.2, 0.25) is 0 Å². The summed E-state index contributed by atoms with van der Waals surface area (Å²) in [6.45, 7) is 9.45. The van der Waals surface area contributed by atoms with Gasteiger partial charge in [-0.3, -0.25) is 0 Å². The molecule has 13 rings (SSSR count). The van der Waals surface area contributed by atoms with Gasteiger partial charge in [-0.2, -0.15) is 0 Å². The second-order valence-electron chi connectivity index (χ2n) is 18.5. The topological polar surface area (TPSA) is 18.1 Å². The highest BCUT2D eigenvalue weighted by Crippen LogP contribution is 2.51. The molecule has 0 radical (unpaired) electrons. The van der Waals surface area contributed by atoms with E-state index in [1.54, 1.807) is 0 Å². The van der Waals surface area contributed by atoms with Crippen LogP contribution in [-0.2, 0) is 10.8 Å². The lowest BCUT2D eigenvalue weighted by Gasteiger charge is -2.22. The molecule has 0 amide bonds. The molecule has 2 aliphatic carbocycles. The van der Waals surface area contributed by atoms with E-state index in [4.69, 9.17) is 4.42 Å². The van der Waals surface area contributed by atoms with Gasteiger partial charge in [0.15, 0.2) is 0 Å². The van der Waals surface area contributed by atoms with Crippen LogP contribution >= 0.6 is 0 Å². The van der Waals surface area contributed by atoms with Crippen LogP contribution in [0.5, 0.6) is 0 Å². The van der Waals surface area contributed by atoms with Gasteiger partial charge < -0.3 is 8.98 Å². The van der Waals surface area contributed by atoms with Crippen LogP contribution < -0.4 is 0 Å². The summed E-state index contributed by atoms with van der Waals surface area (Å²) in [5.41, 5.74) is 23.0. The summed E-state index contributed by atoms with van der Waals surface area (Å²) >= 11 is 0. The maximum absolute atomic E-state index is 6.67. The molecule has 2 heteroatoms. The molecule has 0 aliphatic heterocycles. The van der Waals surface area contributed by atoms with Gasteiger partial charge >= 0.3 is 0 Å². The van der Waals surface area contributed by atoms with Gasteiger partial charge in [0, 0.05) is 43.6 Å². The van der Waals surface area contributed by atoms with Crippen molar-refractivity contribution >= 4 is 43.7 Å². The molecule has 0 N–H and O–H groups in total. The zero-order valence-corrected chi connectivity index (χ0v) is 35.3. The summed E-state index contributed by atoms with van der Waals surface area (Å²) in [6.07, 6.45) is 0. The maximum Gasteiger partial charge on any atom is 0.143 e. The Hall–Kier alpha value is -7.42. The minimum absolute atomic E-state index is 0.0963. The number of aromatic nitrogens is 1. The fraction of sp³-hybridized carbons (Fsp3) is 0.100. The van der Waals surface area contributed by atoms with E-state index in [1.165, 1.54) is 88.7 Å². The molecule has 0 fully saturated rings. The zero-order valence-electron chi connectivity index (χ0n) is 35.3. The van der Waals surface area contributed by atoms with Crippen LogP contribution in [0.3, 0.4) is 0 Å². The van der Waals surface area contributed by atoms with Crippen molar-refractivity contribution in [2.45, 2.75) is 38.5 Å². The first-order valence-electron chi connectivity index (χ1n) is 21.8. The van der Waals surface area contributed by atoms with E-state index >= 15 is 0 Å². The molecule has 9 aromatic carbocycles. The molecule has 2 aromatic heterocycles. The average Bonchev–Trinajstić information content (AvgIpc) is 3.99. The minimum Gasteiger partial charge on any atom is -0.455 e. The SMILES string of the molecule is CC1(C)c2ccccc2-c2ccc(-c3cc(-c4ccc5c6ccccc6n(-c6ccc7c(c6)C(C)(C)c6ccccc6-7)c5c4)cc(-c4cccc5c4oc4ccccc45)c3)cc21. The fourth-order valence-electron chi connectivity index (χ4n) is 11.2. The fourth-order valence-corrected chi connectivity index (χ4v) is 11.2. The van der Waals surface area contributed by atoms with Crippen LogP contribution in [0.15, 0.2) is 192 Å². The second kappa shape index (κ2) is 12.6. The van der Waals surface area contributed by atoms with Crippen molar-refractivity contribution in [3.8, 4) is 61.3 Å². The van der Waals surface area contributed by atoms with Crippen LogP contribution in [0.4, 0.5) is 0 Å². The lowest BCUT2D eigenvalue weighted by atomic mass is 9.81. The van der Waals surface area contributed by atoms with E-state index in [-0.39, 0.29) is 10.8 Å². The molecule has 2 nitrogen and oxygen atoms in total. The molecule has 0 bridgehead atoms. The normalized spacial score (nSPS) is 14.4. The van der Waals surface area contributed by atoms with Crippen molar-refractivity contribution in [1.29, 1.82) is 0 Å².